The van der Waals surface area contributed by atoms with Crippen LogP contribution in [0, 0.1) is 5.41 Å². The van der Waals surface area contributed by atoms with E-state index < -0.39 is 6.10 Å². The molecular formula is C23H39NO2. The third-order valence-corrected chi connectivity index (χ3v) is 5.44. The number of piperidine rings is 1. The zero-order chi connectivity index (χ0) is 19.4. The van der Waals surface area contributed by atoms with Crippen LogP contribution in [0.15, 0.2) is 24.3 Å². The fourth-order valence-electron chi connectivity index (χ4n) is 4.37. The van der Waals surface area contributed by atoms with Crippen molar-refractivity contribution in [3.8, 4) is 5.75 Å². The van der Waals surface area contributed by atoms with E-state index in [2.05, 4.69) is 58.6 Å². The van der Waals surface area contributed by atoms with Crippen LogP contribution in [0.1, 0.15) is 72.8 Å². The highest BCUT2D eigenvalue weighted by Gasteiger charge is 2.27. The second-order valence-electron chi connectivity index (χ2n) is 9.95. The van der Waals surface area contributed by atoms with Crippen molar-refractivity contribution in [2.45, 2.75) is 84.8 Å². The molecule has 0 saturated carbocycles. The minimum Gasteiger partial charge on any atom is -0.491 e. The number of nitrogens with zero attached hydrogens (tertiary/aromatic N) is 1. The number of ether oxygens (including phenoxy) is 1. The highest BCUT2D eigenvalue weighted by atomic mass is 16.5. The van der Waals surface area contributed by atoms with Gasteiger partial charge in [0.1, 0.15) is 18.5 Å². The lowest BCUT2D eigenvalue weighted by molar-refractivity contribution is 0.0438. The molecule has 2 rings (SSSR count). The molecule has 148 valence electrons. The van der Waals surface area contributed by atoms with Gasteiger partial charge in [0.25, 0.3) is 0 Å². The molecule has 1 aromatic rings. The summed E-state index contributed by atoms with van der Waals surface area (Å²) < 4.78 is 5.84. The van der Waals surface area contributed by atoms with Crippen LogP contribution in [-0.2, 0) is 5.41 Å². The molecule has 0 radical (unpaired) electrons. The topological polar surface area (TPSA) is 32.7 Å². The molecule has 1 saturated heterocycles. The van der Waals surface area contributed by atoms with Crippen molar-refractivity contribution in [2.75, 3.05) is 19.7 Å². The van der Waals surface area contributed by atoms with Gasteiger partial charge in [-0.1, -0.05) is 53.2 Å². The summed E-state index contributed by atoms with van der Waals surface area (Å²) in [6, 6.07) is 8.98. The molecule has 0 aliphatic carbocycles. The van der Waals surface area contributed by atoms with Gasteiger partial charge in [0.15, 0.2) is 0 Å². The van der Waals surface area contributed by atoms with E-state index in [1.807, 2.05) is 12.1 Å². The lowest BCUT2D eigenvalue weighted by Gasteiger charge is -2.34. The molecule has 1 aromatic carbocycles. The first-order valence-corrected chi connectivity index (χ1v) is 10.2. The van der Waals surface area contributed by atoms with E-state index in [1.54, 1.807) is 0 Å². The minimum atomic E-state index is -0.437. The monoisotopic (exact) mass is 361 g/mol. The van der Waals surface area contributed by atoms with E-state index in [0.717, 1.165) is 18.7 Å². The Balaban J connectivity index is 1.85. The molecule has 1 aliphatic rings. The molecule has 1 aliphatic heterocycles. The highest BCUT2D eigenvalue weighted by Crippen LogP contribution is 2.36. The summed E-state index contributed by atoms with van der Waals surface area (Å²) in [5.41, 5.74) is 1.78. The van der Waals surface area contributed by atoms with Crippen LogP contribution < -0.4 is 4.74 Å². The molecule has 1 N–H and O–H groups in total. The minimum absolute atomic E-state index is 0.140. The Kier molecular flexibility index (Phi) is 7.15. The standard InChI is InChI=1S/C23H39NO2/c1-18-9-7-8-14-24(18)15-20(25)16-26-21-12-10-19(11-13-21)23(5,6)17-22(2,3)4/h10-13,18,20,25H,7-9,14-17H2,1-6H3. The van der Waals surface area contributed by atoms with Crippen LogP contribution >= 0.6 is 0 Å². The maximum Gasteiger partial charge on any atom is 0.119 e. The van der Waals surface area contributed by atoms with Gasteiger partial charge in [-0.25, -0.2) is 0 Å². The number of likely N-dealkylation sites (tertiary alicyclic amines) is 1. The fourth-order valence-corrected chi connectivity index (χ4v) is 4.37. The summed E-state index contributed by atoms with van der Waals surface area (Å²) >= 11 is 0. The lowest BCUT2D eigenvalue weighted by atomic mass is 9.72. The number of aliphatic hydroxyl groups excluding tert-OH is 1. The number of hydrogen-bond acceptors (Lipinski definition) is 3. The van der Waals surface area contributed by atoms with Gasteiger partial charge in [0, 0.05) is 12.6 Å². The lowest BCUT2D eigenvalue weighted by Crippen LogP contribution is -2.43. The molecular weight excluding hydrogens is 322 g/mol. The summed E-state index contributed by atoms with van der Waals surface area (Å²) in [7, 11) is 0. The molecule has 0 amide bonds. The Bertz CT molecular complexity index is 544. The molecule has 3 heteroatoms. The maximum absolute atomic E-state index is 10.3. The molecule has 3 nitrogen and oxygen atoms in total. The van der Waals surface area contributed by atoms with Crippen molar-refractivity contribution in [2.24, 2.45) is 5.41 Å². The Labute approximate surface area is 160 Å². The first-order valence-electron chi connectivity index (χ1n) is 10.2. The van der Waals surface area contributed by atoms with Crippen LogP contribution in [-0.4, -0.2) is 41.8 Å². The second kappa shape index (κ2) is 8.75. The summed E-state index contributed by atoms with van der Waals surface area (Å²) in [4.78, 5) is 2.38. The molecule has 2 unspecified atom stereocenters. The SMILES string of the molecule is CC1CCCCN1CC(O)COc1ccc(C(C)(C)CC(C)(C)C)cc1. The van der Waals surface area contributed by atoms with E-state index >= 15 is 0 Å². The van der Waals surface area contributed by atoms with Crippen LogP contribution in [0.25, 0.3) is 0 Å². The molecule has 0 aromatic heterocycles. The van der Waals surface area contributed by atoms with E-state index in [9.17, 15) is 5.11 Å². The molecule has 0 bridgehead atoms. The largest absolute Gasteiger partial charge is 0.491 e. The van der Waals surface area contributed by atoms with Gasteiger partial charge in [0.2, 0.25) is 0 Å². The van der Waals surface area contributed by atoms with Crippen LogP contribution in [0.2, 0.25) is 0 Å². The van der Waals surface area contributed by atoms with E-state index in [0.29, 0.717) is 24.6 Å². The van der Waals surface area contributed by atoms with Gasteiger partial charge in [0.05, 0.1) is 0 Å². The molecule has 0 spiro atoms. The van der Waals surface area contributed by atoms with Crippen LogP contribution in [0.5, 0.6) is 5.75 Å². The van der Waals surface area contributed by atoms with Crippen LogP contribution in [0.4, 0.5) is 0 Å². The number of hydrogen-bond donors (Lipinski definition) is 1. The fraction of sp³-hybridized carbons (Fsp3) is 0.739. The van der Waals surface area contributed by atoms with Crippen molar-refractivity contribution in [3.05, 3.63) is 29.8 Å². The first-order chi connectivity index (χ1) is 12.1. The zero-order valence-corrected chi connectivity index (χ0v) is 17.7. The molecule has 2 atom stereocenters. The highest BCUT2D eigenvalue weighted by molar-refractivity contribution is 5.31. The average Bonchev–Trinajstić information content (AvgIpc) is 2.53. The Morgan fingerprint density at radius 1 is 1.12 bits per heavy atom. The van der Waals surface area contributed by atoms with Crippen molar-refractivity contribution >= 4 is 0 Å². The van der Waals surface area contributed by atoms with Crippen molar-refractivity contribution in [1.29, 1.82) is 0 Å². The molecule has 1 fully saturated rings. The number of rotatable bonds is 7. The normalized spacial score (nSPS) is 20.8. The van der Waals surface area contributed by atoms with E-state index in [1.165, 1.54) is 24.8 Å². The third-order valence-electron chi connectivity index (χ3n) is 5.44. The van der Waals surface area contributed by atoms with Crippen molar-refractivity contribution in [3.63, 3.8) is 0 Å². The predicted octanol–water partition coefficient (Wildman–Crippen LogP) is 5.01. The summed E-state index contributed by atoms with van der Waals surface area (Å²) in [6.07, 6.45) is 4.48. The molecule has 26 heavy (non-hydrogen) atoms. The van der Waals surface area contributed by atoms with Gasteiger partial charge in [-0.15, -0.1) is 0 Å². The van der Waals surface area contributed by atoms with Gasteiger partial charge in [-0.05, 0) is 61.3 Å². The van der Waals surface area contributed by atoms with Gasteiger partial charge < -0.3 is 9.84 Å². The number of aliphatic hydroxyl groups is 1. The Morgan fingerprint density at radius 2 is 1.77 bits per heavy atom. The second-order valence-corrected chi connectivity index (χ2v) is 9.95. The number of benzene rings is 1. The Morgan fingerprint density at radius 3 is 2.35 bits per heavy atom. The van der Waals surface area contributed by atoms with Gasteiger partial charge in [-0.3, -0.25) is 4.90 Å². The molecule has 1 heterocycles. The maximum atomic E-state index is 10.3. The van der Waals surface area contributed by atoms with E-state index in [-0.39, 0.29) is 5.41 Å². The smallest absolute Gasteiger partial charge is 0.119 e. The third kappa shape index (κ3) is 6.59. The first kappa shape index (κ1) is 21.2. The Hall–Kier alpha value is -1.06. The summed E-state index contributed by atoms with van der Waals surface area (Å²) in [5, 5.41) is 10.3. The van der Waals surface area contributed by atoms with Crippen molar-refractivity contribution in [1.82, 2.24) is 4.90 Å². The summed E-state index contributed by atoms with van der Waals surface area (Å²) in [6.45, 7) is 15.9. The predicted molar refractivity (Wildman–Crippen MR) is 110 cm³/mol. The van der Waals surface area contributed by atoms with Crippen LogP contribution in [0.3, 0.4) is 0 Å². The van der Waals surface area contributed by atoms with Gasteiger partial charge >= 0.3 is 0 Å². The quantitative estimate of drug-likeness (QED) is 0.740. The van der Waals surface area contributed by atoms with Crippen molar-refractivity contribution < 1.29 is 9.84 Å². The summed E-state index contributed by atoms with van der Waals surface area (Å²) in [5.74, 6) is 0.839. The average molecular weight is 362 g/mol. The van der Waals surface area contributed by atoms with E-state index in [4.69, 9.17) is 4.74 Å². The zero-order valence-electron chi connectivity index (χ0n) is 17.7. The van der Waals surface area contributed by atoms with Gasteiger partial charge in [-0.2, -0.15) is 0 Å². The number of β-amino-alcohol motifs (C(OH)–C–C–N with tert-alkyl or cyclic N) is 1.